The summed E-state index contributed by atoms with van der Waals surface area (Å²) in [6.07, 6.45) is 21.0. The maximum Gasteiger partial charge on any atom is 0.305 e. The second-order valence-electron chi connectivity index (χ2n) is 5.23. The van der Waals surface area contributed by atoms with Crippen LogP contribution in [0.5, 0.6) is 0 Å². The van der Waals surface area contributed by atoms with Crippen LogP contribution in [-0.4, -0.2) is 12.6 Å². The van der Waals surface area contributed by atoms with Crippen LogP contribution in [0.15, 0.2) is 24.3 Å². The number of carbonyl (C=O) groups is 1. The Morgan fingerprint density at radius 3 is 2.05 bits per heavy atom. The van der Waals surface area contributed by atoms with Gasteiger partial charge in [0.05, 0.1) is 6.61 Å². The van der Waals surface area contributed by atoms with Crippen molar-refractivity contribution in [3.05, 3.63) is 24.3 Å². The summed E-state index contributed by atoms with van der Waals surface area (Å²) in [5.41, 5.74) is 0. The Morgan fingerprint density at radius 1 is 0.737 bits per heavy atom. The summed E-state index contributed by atoms with van der Waals surface area (Å²) in [6, 6.07) is 0. The van der Waals surface area contributed by atoms with Crippen LogP contribution >= 0.6 is 0 Å². The van der Waals surface area contributed by atoms with Crippen molar-refractivity contribution in [1.29, 1.82) is 0 Å². The molecule has 0 aromatic carbocycles. The van der Waals surface area contributed by atoms with Crippen LogP contribution in [0, 0.1) is 0 Å². The standard InChI is InChI=1S/C17H28O2/c18-17-15-13-11-9-7-5-3-1-2-4-6-8-10-12-14-16-19-17/h2,4,6,8H,1,3,5,7,9-16H2/b4-2+,8-6+. The Balaban J connectivity index is 2.23. The lowest BCUT2D eigenvalue weighted by molar-refractivity contribution is -0.143. The van der Waals surface area contributed by atoms with Crippen molar-refractivity contribution in [3.8, 4) is 0 Å². The molecule has 0 atom stereocenters. The maximum atomic E-state index is 11.4. The van der Waals surface area contributed by atoms with Gasteiger partial charge in [0.15, 0.2) is 0 Å². The number of hydrogen-bond acceptors (Lipinski definition) is 2. The van der Waals surface area contributed by atoms with E-state index >= 15 is 0 Å². The molecular weight excluding hydrogens is 236 g/mol. The minimum absolute atomic E-state index is 0.0143. The van der Waals surface area contributed by atoms with E-state index in [0.29, 0.717) is 13.0 Å². The van der Waals surface area contributed by atoms with Crippen molar-refractivity contribution >= 4 is 5.97 Å². The number of ether oxygens (including phenoxy) is 1. The fraction of sp³-hybridized carbons (Fsp3) is 0.706. The first-order chi connectivity index (χ1) is 9.39. The highest BCUT2D eigenvalue weighted by Crippen LogP contribution is 2.10. The fourth-order valence-electron chi connectivity index (χ4n) is 2.21. The smallest absolute Gasteiger partial charge is 0.305 e. The number of esters is 1. The van der Waals surface area contributed by atoms with Crippen molar-refractivity contribution < 1.29 is 9.53 Å². The Morgan fingerprint density at radius 2 is 1.32 bits per heavy atom. The molecule has 0 unspecified atom stereocenters. The van der Waals surface area contributed by atoms with Crippen molar-refractivity contribution in [2.75, 3.05) is 6.61 Å². The number of cyclic esters (lactones) is 1. The molecule has 0 aliphatic carbocycles. The SMILES string of the molecule is O=C1CCCCCCCC/C=C/C=C/CCCCO1. The topological polar surface area (TPSA) is 26.3 Å². The molecule has 1 aliphatic heterocycles. The summed E-state index contributed by atoms with van der Waals surface area (Å²) in [6.45, 7) is 0.586. The third-order valence-corrected chi connectivity index (χ3v) is 3.41. The predicted molar refractivity (Wildman–Crippen MR) is 80.0 cm³/mol. The minimum atomic E-state index is -0.0143. The van der Waals surface area contributed by atoms with Gasteiger partial charge >= 0.3 is 5.97 Å². The number of rotatable bonds is 0. The largest absolute Gasteiger partial charge is 0.466 e. The fourth-order valence-corrected chi connectivity index (χ4v) is 2.21. The molecule has 0 saturated carbocycles. The van der Waals surface area contributed by atoms with Crippen LogP contribution < -0.4 is 0 Å². The van der Waals surface area contributed by atoms with Gasteiger partial charge in [0.2, 0.25) is 0 Å². The van der Waals surface area contributed by atoms with E-state index < -0.39 is 0 Å². The zero-order chi connectivity index (χ0) is 13.6. The van der Waals surface area contributed by atoms with E-state index in [1.54, 1.807) is 0 Å². The van der Waals surface area contributed by atoms with Gasteiger partial charge in [0, 0.05) is 6.42 Å². The summed E-state index contributed by atoms with van der Waals surface area (Å²) in [5.74, 6) is -0.0143. The van der Waals surface area contributed by atoms with Gasteiger partial charge in [-0.05, 0) is 38.5 Å². The van der Waals surface area contributed by atoms with Gasteiger partial charge in [-0.15, -0.1) is 0 Å². The van der Waals surface area contributed by atoms with Crippen LogP contribution in [0.25, 0.3) is 0 Å². The van der Waals surface area contributed by atoms with Crippen molar-refractivity contribution in [2.45, 2.75) is 70.6 Å². The van der Waals surface area contributed by atoms with Crippen LogP contribution in [-0.2, 0) is 9.53 Å². The predicted octanol–water partition coefficient (Wildman–Crippen LogP) is 4.95. The molecule has 0 spiro atoms. The Kier molecular flexibility index (Phi) is 10.1. The monoisotopic (exact) mass is 264 g/mol. The Bertz CT molecular complexity index is 279. The molecule has 1 aliphatic rings. The Labute approximate surface area is 117 Å². The summed E-state index contributed by atoms with van der Waals surface area (Å²) in [4.78, 5) is 11.4. The quantitative estimate of drug-likeness (QED) is 0.579. The highest BCUT2D eigenvalue weighted by atomic mass is 16.5. The molecule has 19 heavy (non-hydrogen) atoms. The summed E-state index contributed by atoms with van der Waals surface area (Å²) in [5, 5.41) is 0. The molecule has 2 heteroatoms. The van der Waals surface area contributed by atoms with Gasteiger partial charge in [0.1, 0.15) is 0 Å². The van der Waals surface area contributed by atoms with E-state index in [4.69, 9.17) is 4.74 Å². The van der Waals surface area contributed by atoms with Crippen LogP contribution in [0.1, 0.15) is 70.6 Å². The average Bonchev–Trinajstić information content (AvgIpc) is 2.41. The van der Waals surface area contributed by atoms with Crippen LogP contribution in [0.4, 0.5) is 0 Å². The third kappa shape index (κ3) is 10.5. The van der Waals surface area contributed by atoms with Gasteiger partial charge < -0.3 is 4.74 Å². The van der Waals surface area contributed by atoms with Gasteiger partial charge in [-0.2, -0.15) is 0 Å². The van der Waals surface area contributed by atoms with E-state index in [9.17, 15) is 4.79 Å². The molecule has 0 N–H and O–H groups in total. The first-order valence-corrected chi connectivity index (χ1v) is 7.87. The lowest BCUT2D eigenvalue weighted by Gasteiger charge is -2.04. The highest BCUT2D eigenvalue weighted by molar-refractivity contribution is 5.69. The molecule has 0 aromatic heterocycles. The minimum Gasteiger partial charge on any atom is -0.466 e. The van der Waals surface area contributed by atoms with Crippen LogP contribution in [0.3, 0.4) is 0 Å². The third-order valence-electron chi connectivity index (χ3n) is 3.41. The lowest BCUT2D eigenvalue weighted by Crippen LogP contribution is -2.05. The molecular formula is C17H28O2. The summed E-state index contributed by atoms with van der Waals surface area (Å²) < 4.78 is 5.21. The highest BCUT2D eigenvalue weighted by Gasteiger charge is 2.02. The summed E-state index contributed by atoms with van der Waals surface area (Å²) in [7, 11) is 0. The van der Waals surface area contributed by atoms with Gasteiger partial charge in [0.25, 0.3) is 0 Å². The first kappa shape index (κ1) is 16.0. The first-order valence-electron chi connectivity index (χ1n) is 7.87. The van der Waals surface area contributed by atoms with Crippen molar-refractivity contribution in [3.63, 3.8) is 0 Å². The van der Waals surface area contributed by atoms with Crippen LogP contribution in [0.2, 0.25) is 0 Å². The molecule has 0 amide bonds. The Hall–Kier alpha value is -1.05. The lowest BCUT2D eigenvalue weighted by atomic mass is 10.1. The van der Waals surface area contributed by atoms with Gasteiger partial charge in [-0.25, -0.2) is 0 Å². The van der Waals surface area contributed by atoms with E-state index in [-0.39, 0.29) is 5.97 Å². The number of hydrogen-bond donors (Lipinski definition) is 0. The molecule has 2 nitrogen and oxygen atoms in total. The normalized spacial score (nSPS) is 24.7. The molecule has 0 aromatic rings. The van der Waals surface area contributed by atoms with Gasteiger partial charge in [-0.3, -0.25) is 4.79 Å². The van der Waals surface area contributed by atoms with Gasteiger partial charge in [-0.1, -0.05) is 50.0 Å². The molecule has 0 saturated heterocycles. The van der Waals surface area contributed by atoms with Crippen molar-refractivity contribution in [2.24, 2.45) is 0 Å². The maximum absolute atomic E-state index is 11.4. The zero-order valence-corrected chi connectivity index (χ0v) is 12.1. The van der Waals surface area contributed by atoms with Crippen molar-refractivity contribution in [1.82, 2.24) is 0 Å². The second-order valence-corrected chi connectivity index (χ2v) is 5.23. The van der Waals surface area contributed by atoms with E-state index in [1.807, 2.05) is 0 Å². The molecule has 0 radical (unpaired) electrons. The zero-order valence-electron chi connectivity index (χ0n) is 12.1. The molecule has 1 rings (SSSR count). The van der Waals surface area contributed by atoms with E-state index in [2.05, 4.69) is 24.3 Å². The number of allylic oxidation sites excluding steroid dienone is 4. The van der Waals surface area contributed by atoms with E-state index in [1.165, 1.54) is 32.1 Å². The van der Waals surface area contributed by atoms with E-state index in [0.717, 1.165) is 32.1 Å². The average molecular weight is 264 g/mol. The molecule has 108 valence electrons. The molecule has 1 heterocycles. The summed E-state index contributed by atoms with van der Waals surface area (Å²) >= 11 is 0. The second kappa shape index (κ2) is 12.0. The number of carbonyl (C=O) groups excluding carboxylic acids is 1. The molecule has 0 bridgehead atoms. The molecule has 0 fully saturated rings.